The van der Waals surface area contributed by atoms with Crippen LogP contribution in [0.25, 0.3) is 5.57 Å². The molecule has 2 aromatic carbocycles. The van der Waals surface area contributed by atoms with Gasteiger partial charge in [0.05, 0.1) is 0 Å². The summed E-state index contributed by atoms with van der Waals surface area (Å²) < 4.78 is 0. The molecule has 0 aromatic heterocycles. The topological polar surface area (TPSA) is 37.3 Å². The molecule has 3 aliphatic rings. The molecule has 0 heterocycles. The lowest BCUT2D eigenvalue weighted by Gasteiger charge is -2.34. The number of benzene rings is 2. The van der Waals surface area contributed by atoms with Crippen LogP contribution in [0.15, 0.2) is 60.7 Å². The summed E-state index contributed by atoms with van der Waals surface area (Å²) in [6, 6.07) is 18.3. The Labute approximate surface area is 135 Å². The third-order valence-electron chi connectivity index (χ3n) is 6.05. The van der Waals surface area contributed by atoms with Crippen molar-refractivity contribution in [2.45, 2.75) is 24.4 Å². The predicted molar refractivity (Wildman–Crippen MR) is 88.7 cm³/mol. The first-order valence-electron chi connectivity index (χ1n) is 8.32. The normalized spacial score (nSPS) is 34.0. The van der Waals surface area contributed by atoms with Crippen LogP contribution in [0, 0.1) is 11.8 Å². The number of allylic oxidation sites excluding steroid dienone is 2. The molecule has 2 aromatic rings. The quantitative estimate of drug-likeness (QED) is 0.873. The van der Waals surface area contributed by atoms with Gasteiger partial charge in [0.1, 0.15) is 0 Å². The maximum atomic E-state index is 12.8. The van der Waals surface area contributed by atoms with E-state index in [1.165, 1.54) is 16.7 Å². The van der Waals surface area contributed by atoms with Crippen LogP contribution < -0.4 is 0 Å². The van der Waals surface area contributed by atoms with Crippen LogP contribution >= 0.6 is 0 Å². The average Bonchev–Trinajstić information content (AvgIpc) is 3.02. The number of rotatable bonds is 1. The molecule has 2 nitrogen and oxygen atoms in total. The van der Waals surface area contributed by atoms with Crippen LogP contribution in [0.2, 0.25) is 0 Å². The lowest BCUT2D eigenvalue weighted by atomic mass is 9.70. The number of aliphatic hydroxyl groups is 1. The fraction of sp³-hybridized carbons (Fsp3) is 0.286. The first kappa shape index (κ1) is 13.3. The van der Waals surface area contributed by atoms with E-state index in [0.29, 0.717) is 6.42 Å². The van der Waals surface area contributed by atoms with Gasteiger partial charge in [-0.25, -0.2) is 0 Å². The van der Waals surface area contributed by atoms with Gasteiger partial charge in [-0.3, -0.25) is 4.79 Å². The van der Waals surface area contributed by atoms with Gasteiger partial charge in [-0.2, -0.15) is 0 Å². The summed E-state index contributed by atoms with van der Waals surface area (Å²) in [5.41, 5.74) is 3.17. The molecule has 5 rings (SSSR count). The molecule has 3 aliphatic carbocycles. The fourth-order valence-corrected chi connectivity index (χ4v) is 5.17. The summed E-state index contributed by atoms with van der Waals surface area (Å²) in [7, 11) is 0. The monoisotopic (exact) mass is 302 g/mol. The molecule has 0 bridgehead atoms. The number of Topliss-reactive ketones (excluding diaryl/α,β-unsaturated/α-hetero) is 1. The molecule has 1 fully saturated rings. The van der Waals surface area contributed by atoms with Crippen LogP contribution in [0.5, 0.6) is 0 Å². The molecule has 114 valence electrons. The lowest BCUT2D eigenvalue weighted by Crippen LogP contribution is -2.36. The van der Waals surface area contributed by atoms with Gasteiger partial charge in [-0.05, 0) is 40.5 Å². The van der Waals surface area contributed by atoms with Crippen molar-refractivity contribution < 1.29 is 9.90 Å². The Morgan fingerprint density at radius 3 is 2.52 bits per heavy atom. The van der Waals surface area contributed by atoms with Gasteiger partial charge < -0.3 is 5.11 Å². The van der Waals surface area contributed by atoms with Crippen molar-refractivity contribution >= 4 is 11.4 Å². The SMILES string of the molecule is O=C1CC2C(c3ccccc3)=CCC3c4ccccc4C1(O)C23. The molecule has 4 atom stereocenters. The van der Waals surface area contributed by atoms with Gasteiger partial charge in [-0.1, -0.05) is 60.7 Å². The van der Waals surface area contributed by atoms with Gasteiger partial charge in [0, 0.05) is 12.3 Å². The smallest absolute Gasteiger partial charge is 0.169 e. The molecule has 23 heavy (non-hydrogen) atoms. The number of hydrogen-bond donors (Lipinski definition) is 1. The van der Waals surface area contributed by atoms with Crippen LogP contribution in [0.4, 0.5) is 0 Å². The molecule has 0 saturated heterocycles. The van der Waals surface area contributed by atoms with Crippen LogP contribution in [-0.4, -0.2) is 10.9 Å². The molecular formula is C21H18O2. The zero-order valence-electron chi connectivity index (χ0n) is 12.8. The number of carbonyl (C=O) groups excluding carboxylic acids is 1. The van der Waals surface area contributed by atoms with Crippen LogP contribution in [-0.2, 0) is 10.4 Å². The standard InChI is InChI=1S/C21H18O2/c22-19-12-17-14(13-6-2-1-3-7-13)10-11-16-15-8-4-5-9-18(15)21(19,23)20(16)17/h1-10,16-17,20,23H,11-12H2. The maximum Gasteiger partial charge on any atom is 0.169 e. The Bertz CT molecular complexity index is 836. The number of fused-ring (bicyclic) bond motifs is 3. The van der Waals surface area contributed by atoms with E-state index in [2.05, 4.69) is 24.3 Å². The zero-order chi connectivity index (χ0) is 15.6. The molecule has 0 amide bonds. The van der Waals surface area contributed by atoms with E-state index in [-0.39, 0.29) is 23.5 Å². The Morgan fingerprint density at radius 2 is 1.70 bits per heavy atom. The largest absolute Gasteiger partial charge is 0.377 e. The van der Waals surface area contributed by atoms with Gasteiger partial charge >= 0.3 is 0 Å². The van der Waals surface area contributed by atoms with E-state index in [1.807, 2.05) is 36.4 Å². The van der Waals surface area contributed by atoms with Crippen LogP contribution in [0.3, 0.4) is 0 Å². The highest BCUT2D eigenvalue weighted by molar-refractivity contribution is 5.96. The molecule has 0 radical (unpaired) electrons. The molecule has 2 heteroatoms. The van der Waals surface area contributed by atoms with Crippen molar-refractivity contribution in [1.82, 2.24) is 0 Å². The predicted octanol–water partition coefficient (Wildman–Crippen LogP) is 3.66. The van der Waals surface area contributed by atoms with Crippen molar-refractivity contribution in [3.05, 3.63) is 77.4 Å². The minimum absolute atomic E-state index is 0.00685. The Kier molecular flexibility index (Phi) is 2.55. The number of ketones is 1. The first-order chi connectivity index (χ1) is 11.2. The molecule has 1 N–H and O–H groups in total. The summed E-state index contributed by atoms with van der Waals surface area (Å²) in [5.74, 6) is 0.375. The van der Waals surface area contributed by atoms with Gasteiger partial charge in [-0.15, -0.1) is 0 Å². The highest BCUT2D eigenvalue weighted by Gasteiger charge is 2.64. The molecule has 0 spiro atoms. The molecular weight excluding hydrogens is 284 g/mol. The zero-order valence-corrected chi connectivity index (χ0v) is 12.8. The summed E-state index contributed by atoms with van der Waals surface area (Å²) in [5, 5.41) is 11.3. The second kappa shape index (κ2) is 4.42. The van der Waals surface area contributed by atoms with E-state index in [0.717, 1.165) is 12.0 Å². The minimum atomic E-state index is -1.28. The second-order valence-corrected chi connectivity index (χ2v) is 6.98. The molecule has 1 saturated carbocycles. The van der Waals surface area contributed by atoms with Crippen molar-refractivity contribution in [2.75, 3.05) is 0 Å². The Hall–Kier alpha value is -2.19. The highest BCUT2D eigenvalue weighted by Crippen LogP contribution is 2.63. The van der Waals surface area contributed by atoms with Gasteiger partial charge in [0.25, 0.3) is 0 Å². The van der Waals surface area contributed by atoms with E-state index >= 15 is 0 Å². The van der Waals surface area contributed by atoms with E-state index in [4.69, 9.17) is 0 Å². The van der Waals surface area contributed by atoms with Crippen molar-refractivity contribution in [2.24, 2.45) is 11.8 Å². The number of carbonyl (C=O) groups is 1. The second-order valence-electron chi connectivity index (χ2n) is 6.98. The average molecular weight is 302 g/mol. The van der Waals surface area contributed by atoms with Gasteiger partial charge in [0.15, 0.2) is 11.4 Å². The third kappa shape index (κ3) is 1.54. The van der Waals surface area contributed by atoms with Crippen molar-refractivity contribution in [3.8, 4) is 0 Å². The number of hydrogen-bond acceptors (Lipinski definition) is 2. The fourth-order valence-electron chi connectivity index (χ4n) is 5.17. The van der Waals surface area contributed by atoms with E-state index < -0.39 is 5.60 Å². The molecule has 4 unspecified atom stereocenters. The van der Waals surface area contributed by atoms with Crippen LogP contribution in [0.1, 0.15) is 35.4 Å². The van der Waals surface area contributed by atoms with E-state index in [9.17, 15) is 9.90 Å². The highest BCUT2D eigenvalue weighted by atomic mass is 16.3. The Morgan fingerprint density at radius 1 is 0.957 bits per heavy atom. The summed E-state index contributed by atoms with van der Waals surface area (Å²) in [6.07, 6.45) is 3.65. The third-order valence-corrected chi connectivity index (χ3v) is 6.05. The lowest BCUT2D eigenvalue weighted by molar-refractivity contribution is -0.137. The summed E-state index contributed by atoms with van der Waals surface area (Å²) in [6.45, 7) is 0. The van der Waals surface area contributed by atoms with Gasteiger partial charge in [0.2, 0.25) is 0 Å². The first-order valence-corrected chi connectivity index (χ1v) is 8.32. The summed E-state index contributed by atoms with van der Waals surface area (Å²) >= 11 is 0. The maximum absolute atomic E-state index is 12.8. The van der Waals surface area contributed by atoms with Crippen molar-refractivity contribution in [3.63, 3.8) is 0 Å². The Balaban J connectivity index is 1.69. The van der Waals surface area contributed by atoms with E-state index in [1.54, 1.807) is 0 Å². The van der Waals surface area contributed by atoms with Crippen molar-refractivity contribution in [1.29, 1.82) is 0 Å². The summed E-state index contributed by atoms with van der Waals surface area (Å²) in [4.78, 5) is 12.8. The minimum Gasteiger partial charge on any atom is -0.377 e. The molecule has 0 aliphatic heterocycles.